The summed E-state index contributed by atoms with van der Waals surface area (Å²) in [7, 11) is 1.41. The van der Waals surface area contributed by atoms with E-state index in [2.05, 4.69) is 0 Å². The molecule has 1 fully saturated rings. The maximum atomic E-state index is 13.6. The van der Waals surface area contributed by atoms with Crippen LogP contribution < -0.4 is 10.5 Å². The number of nitrogens with two attached hydrogens (primary N) is 1. The van der Waals surface area contributed by atoms with E-state index in [1.165, 1.54) is 19.2 Å². The van der Waals surface area contributed by atoms with Crippen molar-refractivity contribution in [1.29, 1.82) is 0 Å². The van der Waals surface area contributed by atoms with Gasteiger partial charge in [-0.15, -0.1) is 0 Å². The molecule has 0 atom stereocenters. The molecule has 0 bridgehead atoms. The second-order valence-electron chi connectivity index (χ2n) is 5.17. The maximum absolute atomic E-state index is 13.6. The van der Waals surface area contributed by atoms with Crippen LogP contribution in [0.15, 0.2) is 18.2 Å². The molecule has 1 saturated carbocycles. The van der Waals surface area contributed by atoms with Crippen molar-refractivity contribution in [2.45, 2.75) is 25.7 Å². The molecule has 0 heterocycles. The van der Waals surface area contributed by atoms with Crippen LogP contribution in [-0.2, 0) is 0 Å². The minimum atomic E-state index is -0.482. The zero-order chi connectivity index (χ0) is 13.8. The SMILES string of the molecule is COc1ccc(C(=O)C2CCC(CN)CC2)cc1F. The molecule has 0 saturated heterocycles. The fourth-order valence-corrected chi connectivity index (χ4v) is 2.72. The lowest BCUT2D eigenvalue weighted by Gasteiger charge is -2.26. The van der Waals surface area contributed by atoms with Crippen molar-refractivity contribution in [2.24, 2.45) is 17.6 Å². The molecule has 3 nitrogen and oxygen atoms in total. The van der Waals surface area contributed by atoms with Crippen LogP contribution in [0.3, 0.4) is 0 Å². The number of carbonyl (C=O) groups excluding carboxylic acids is 1. The van der Waals surface area contributed by atoms with E-state index >= 15 is 0 Å². The number of carbonyl (C=O) groups is 1. The van der Waals surface area contributed by atoms with Crippen molar-refractivity contribution in [1.82, 2.24) is 0 Å². The Morgan fingerprint density at radius 3 is 2.58 bits per heavy atom. The first kappa shape index (κ1) is 14.0. The van der Waals surface area contributed by atoms with Gasteiger partial charge in [-0.25, -0.2) is 4.39 Å². The average molecular weight is 265 g/mol. The molecule has 2 rings (SSSR count). The summed E-state index contributed by atoms with van der Waals surface area (Å²) in [5, 5.41) is 0. The number of halogens is 1. The van der Waals surface area contributed by atoms with E-state index in [4.69, 9.17) is 10.5 Å². The molecule has 0 aliphatic heterocycles. The molecule has 0 aromatic heterocycles. The van der Waals surface area contributed by atoms with Gasteiger partial charge in [-0.1, -0.05) is 0 Å². The zero-order valence-corrected chi connectivity index (χ0v) is 11.2. The normalized spacial score (nSPS) is 23.1. The van der Waals surface area contributed by atoms with Gasteiger partial charge in [0.2, 0.25) is 0 Å². The van der Waals surface area contributed by atoms with E-state index in [1.807, 2.05) is 0 Å². The third-order valence-electron chi connectivity index (χ3n) is 3.99. The number of ketones is 1. The number of rotatable bonds is 4. The monoisotopic (exact) mass is 265 g/mol. The number of ether oxygens (including phenoxy) is 1. The van der Waals surface area contributed by atoms with Crippen molar-refractivity contribution >= 4 is 5.78 Å². The molecular weight excluding hydrogens is 245 g/mol. The molecule has 2 N–H and O–H groups in total. The van der Waals surface area contributed by atoms with E-state index in [1.54, 1.807) is 6.07 Å². The fourth-order valence-electron chi connectivity index (χ4n) is 2.72. The minimum Gasteiger partial charge on any atom is -0.494 e. The number of methoxy groups -OCH3 is 1. The first-order valence-electron chi connectivity index (χ1n) is 6.73. The molecule has 0 radical (unpaired) electrons. The Balaban J connectivity index is 2.06. The van der Waals surface area contributed by atoms with E-state index in [0.717, 1.165) is 25.7 Å². The Hall–Kier alpha value is -1.42. The lowest BCUT2D eigenvalue weighted by Crippen LogP contribution is -2.25. The van der Waals surface area contributed by atoms with Crippen LogP contribution in [0.2, 0.25) is 0 Å². The third kappa shape index (κ3) is 3.13. The highest BCUT2D eigenvalue weighted by molar-refractivity contribution is 5.98. The van der Waals surface area contributed by atoms with E-state index in [-0.39, 0.29) is 17.5 Å². The average Bonchev–Trinajstić information content (AvgIpc) is 2.46. The molecular formula is C15H20FNO2. The van der Waals surface area contributed by atoms with Gasteiger partial charge >= 0.3 is 0 Å². The van der Waals surface area contributed by atoms with Gasteiger partial charge in [0.25, 0.3) is 0 Å². The molecule has 0 unspecified atom stereocenters. The van der Waals surface area contributed by atoms with Gasteiger partial charge in [-0.05, 0) is 56.3 Å². The predicted octanol–water partition coefficient (Wildman–Crippen LogP) is 2.78. The second kappa shape index (κ2) is 6.15. The maximum Gasteiger partial charge on any atom is 0.166 e. The van der Waals surface area contributed by atoms with E-state index in [9.17, 15) is 9.18 Å². The lowest BCUT2D eigenvalue weighted by atomic mass is 9.78. The Bertz CT molecular complexity index is 453. The zero-order valence-electron chi connectivity index (χ0n) is 11.2. The van der Waals surface area contributed by atoms with Crippen molar-refractivity contribution in [3.8, 4) is 5.75 Å². The van der Waals surface area contributed by atoms with Gasteiger partial charge in [0.15, 0.2) is 17.3 Å². The van der Waals surface area contributed by atoms with Crippen molar-refractivity contribution < 1.29 is 13.9 Å². The summed E-state index contributed by atoms with van der Waals surface area (Å²) in [5.74, 6) is 0.275. The van der Waals surface area contributed by atoms with Gasteiger partial charge in [-0.3, -0.25) is 4.79 Å². The number of hydrogen-bond acceptors (Lipinski definition) is 3. The van der Waals surface area contributed by atoms with Gasteiger partial charge in [-0.2, -0.15) is 0 Å². The predicted molar refractivity (Wildman–Crippen MR) is 71.8 cm³/mol. The lowest BCUT2D eigenvalue weighted by molar-refractivity contribution is 0.0873. The molecule has 1 aliphatic rings. The summed E-state index contributed by atoms with van der Waals surface area (Å²) in [6.45, 7) is 0.693. The summed E-state index contributed by atoms with van der Waals surface area (Å²) in [5.41, 5.74) is 6.08. The van der Waals surface area contributed by atoms with Crippen molar-refractivity contribution in [2.75, 3.05) is 13.7 Å². The van der Waals surface area contributed by atoms with E-state index in [0.29, 0.717) is 18.0 Å². The Labute approximate surface area is 112 Å². The smallest absolute Gasteiger partial charge is 0.166 e. The molecule has 1 aliphatic carbocycles. The first-order chi connectivity index (χ1) is 9.15. The van der Waals surface area contributed by atoms with Crippen LogP contribution in [0.1, 0.15) is 36.0 Å². The first-order valence-corrected chi connectivity index (χ1v) is 6.73. The largest absolute Gasteiger partial charge is 0.494 e. The van der Waals surface area contributed by atoms with Crippen LogP contribution in [-0.4, -0.2) is 19.4 Å². The fraction of sp³-hybridized carbons (Fsp3) is 0.533. The molecule has 0 amide bonds. The number of benzene rings is 1. The highest BCUT2D eigenvalue weighted by Crippen LogP contribution is 2.31. The van der Waals surface area contributed by atoms with Crippen LogP contribution in [0.5, 0.6) is 5.75 Å². The number of Topliss-reactive ketones (excluding diaryl/α,β-unsaturated/α-hetero) is 1. The minimum absolute atomic E-state index is 0.00981. The summed E-state index contributed by atoms with van der Waals surface area (Å²) in [4.78, 5) is 12.3. The second-order valence-corrected chi connectivity index (χ2v) is 5.17. The highest BCUT2D eigenvalue weighted by atomic mass is 19.1. The van der Waals surface area contributed by atoms with Gasteiger partial charge < -0.3 is 10.5 Å². The van der Waals surface area contributed by atoms with Crippen molar-refractivity contribution in [3.05, 3.63) is 29.6 Å². The van der Waals surface area contributed by atoms with Gasteiger partial charge in [0, 0.05) is 11.5 Å². The molecule has 4 heteroatoms. The van der Waals surface area contributed by atoms with Gasteiger partial charge in [0.05, 0.1) is 7.11 Å². The standard InChI is InChI=1S/C15H20FNO2/c1-19-14-7-6-12(8-13(14)16)15(18)11-4-2-10(9-17)3-5-11/h6-8,10-11H,2-5,9,17H2,1H3. The molecule has 1 aromatic rings. The van der Waals surface area contributed by atoms with Crippen LogP contribution in [0.4, 0.5) is 4.39 Å². The van der Waals surface area contributed by atoms with Crippen molar-refractivity contribution in [3.63, 3.8) is 0 Å². The summed E-state index contributed by atoms with van der Waals surface area (Å²) in [6, 6.07) is 4.42. The Morgan fingerprint density at radius 2 is 2.05 bits per heavy atom. The molecule has 1 aromatic carbocycles. The van der Waals surface area contributed by atoms with E-state index < -0.39 is 5.82 Å². The van der Waals surface area contributed by atoms with Crippen LogP contribution in [0.25, 0.3) is 0 Å². The van der Waals surface area contributed by atoms with Crippen LogP contribution >= 0.6 is 0 Å². The highest BCUT2D eigenvalue weighted by Gasteiger charge is 2.26. The summed E-state index contributed by atoms with van der Waals surface area (Å²) in [6.07, 6.45) is 3.69. The molecule has 19 heavy (non-hydrogen) atoms. The molecule has 104 valence electrons. The summed E-state index contributed by atoms with van der Waals surface area (Å²) < 4.78 is 18.5. The van der Waals surface area contributed by atoms with Gasteiger partial charge in [0.1, 0.15) is 0 Å². The number of hydrogen-bond donors (Lipinski definition) is 1. The Morgan fingerprint density at radius 1 is 1.37 bits per heavy atom. The summed E-state index contributed by atoms with van der Waals surface area (Å²) >= 11 is 0. The Kier molecular flexibility index (Phi) is 4.53. The molecule has 0 spiro atoms. The third-order valence-corrected chi connectivity index (χ3v) is 3.99. The van der Waals surface area contributed by atoms with Crippen LogP contribution in [0, 0.1) is 17.7 Å². The quantitative estimate of drug-likeness (QED) is 0.852. The topological polar surface area (TPSA) is 52.3 Å².